The van der Waals surface area contributed by atoms with E-state index in [4.69, 9.17) is 5.41 Å². The monoisotopic (exact) mass is 503 g/mol. The van der Waals surface area contributed by atoms with Crippen molar-refractivity contribution in [1.29, 1.82) is 5.41 Å². The third kappa shape index (κ3) is 4.32. The summed E-state index contributed by atoms with van der Waals surface area (Å²) in [6.07, 6.45) is 2.45. The number of hydrogen-bond donors (Lipinski definition) is 1. The van der Waals surface area contributed by atoms with Gasteiger partial charge in [0.1, 0.15) is 5.04 Å². The van der Waals surface area contributed by atoms with Gasteiger partial charge in [0.15, 0.2) is 5.84 Å². The van der Waals surface area contributed by atoms with Gasteiger partial charge in [-0.2, -0.15) is 15.1 Å². The second-order valence-electron chi connectivity index (χ2n) is 9.27. The predicted octanol–water partition coefficient (Wildman–Crippen LogP) is 6.17. The topological polar surface area (TPSA) is 73.8 Å². The first kappa shape index (κ1) is 23.2. The molecule has 0 aliphatic carbocycles. The number of aliphatic imine (C=N–C) groups is 1. The van der Waals surface area contributed by atoms with Crippen molar-refractivity contribution in [2.75, 3.05) is 0 Å². The van der Waals surface area contributed by atoms with Crippen molar-refractivity contribution in [3.63, 3.8) is 0 Å². The van der Waals surface area contributed by atoms with Crippen molar-refractivity contribution in [1.82, 2.24) is 9.58 Å². The number of hydrogen-bond acceptors (Lipinski definition) is 4. The fourth-order valence-electron chi connectivity index (χ4n) is 4.79. The molecule has 3 aromatic carbocycles. The lowest BCUT2D eigenvalue weighted by atomic mass is 10.0. The van der Waals surface area contributed by atoms with Gasteiger partial charge in [0.2, 0.25) is 5.17 Å². The Morgan fingerprint density at radius 2 is 1.65 bits per heavy atom. The minimum Gasteiger partial charge on any atom is -0.340 e. The van der Waals surface area contributed by atoms with E-state index < -0.39 is 5.91 Å². The predicted molar refractivity (Wildman–Crippen MR) is 152 cm³/mol. The van der Waals surface area contributed by atoms with Gasteiger partial charge in [-0.25, -0.2) is 0 Å². The van der Waals surface area contributed by atoms with Gasteiger partial charge in [-0.3, -0.25) is 10.2 Å². The summed E-state index contributed by atoms with van der Waals surface area (Å²) in [7, 11) is 0. The van der Waals surface area contributed by atoms with Crippen molar-refractivity contribution < 1.29 is 4.79 Å². The Balaban J connectivity index is 1.39. The van der Waals surface area contributed by atoms with Gasteiger partial charge in [0, 0.05) is 35.1 Å². The number of amides is 1. The van der Waals surface area contributed by atoms with Crippen LogP contribution < -0.4 is 0 Å². The highest BCUT2D eigenvalue weighted by Crippen LogP contribution is 2.33. The van der Waals surface area contributed by atoms with Crippen molar-refractivity contribution in [2.45, 2.75) is 26.8 Å². The van der Waals surface area contributed by atoms with E-state index in [9.17, 15) is 4.79 Å². The fourth-order valence-corrected chi connectivity index (χ4v) is 5.71. The molecule has 0 saturated heterocycles. The number of thioether (sulfide) groups is 1. The Bertz CT molecular complexity index is 1650. The number of carbonyl (C=O) groups is 1. The second kappa shape index (κ2) is 9.33. The molecular formula is C30H25N5OS. The highest BCUT2D eigenvalue weighted by molar-refractivity contribution is 8.26. The maximum Gasteiger partial charge on any atom is 0.283 e. The molecule has 182 valence electrons. The Morgan fingerprint density at radius 1 is 0.946 bits per heavy atom. The summed E-state index contributed by atoms with van der Waals surface area (Å²) in [5.74, 6) is -0.350. The Hall–Kier alpha value is -4.23. The highest BCUT2D eigenvalue weighted by atomic mass is 32.2. The van der Waals surface area contributed by atoms with Crippen LogP contribution in [0.3, 0.4) is 0 Å². The third-order valence-corrected chi connectivity index (χ3v) is 7.60. The molecular weight excluding hydrogens is 478 g/mol. The molecule has 6 rings (SSSR count). The van der Waals surface area contributed by atoms with Gasteiger partial charge in [0.25, 0.3) is 5.91 Å². The quantitative estimate of drug-likeness (QED) is 0.331. The van der Waals surface area contributed by atoms with Crippen LogP contribution in [-0.4, -0.2) is 31.5 Å². The van der Waals surface area contributed by atoms with Crippen molar-refractivity contribution >= 4 is 50.7 Å². The molecule has 0 fully saturated rings. The van der Waals surface area contributed by atoms with E-state index >= 15 is 0 Å². The van der Waals surface area contributed by atoms with Crippen LogP contribution >= 0.6 is 11.8 Å². The first-order valence-electron chi connectivity index (χ1n) is 12.1. The molecule has 2 aliphatic rings. The van der Waals surface area contributed by atoms with Crippen LogP contribution in [-0.2, 0) is 17.8 Å². The van der Waals surface area contributed by atoms with E-state index in [1.807, 2.05) is 54.6 Å². The summed E-state index contributed by atoms with van der Waals surface area (Å²) in [6.45, 7) is 4.85. The third-order valence-electron chi connectivity index (χ3n) is 6.69. The zero-order valence-corrected chi connectivity index (χ0v) is 21.4. The van der Waals surface area contributed by atoms with E-state index in [-0.39, 0.29) is 11.4 Å². The van der Waals surface area contributed by atoms with Crippen LogP contribution in [0.5, 0.6) is 0 Å². The van der Waals surface area contributed by atoms with Crippen molar-refractivity contribution in [3.8, 4) is 0 Å². The normalized spacial score (nSPS) is 16.4. The molecule has 1 amide bonds. The molecule has 2 aliphatic heterocycles. The maximum absolute atomic E-state index is 13.1. The summed E-state index contributed by atoms with van der Waals surface area (Å²) >= 11 is 1.35. The number of nitrogens with zero attached hydrogens (tertiary/aromatic N) is 4. The van der Waals surface area contributed by atoms with E-state index in [1.165, 1.54) is 22.3 Å². The molecule has 4 aromatic rings. The highest BCUT2D eigenvalue weighted by Gasteiger charge is 2.36. The van der Waals surface area contributed by atoms with E-state index in [0.29, 0.717) is 11.6 Å². The molecule has 1 aromatic heterocycles. The summed E-state index contributed by atoms with van der Waals surface area (Å²) < 4.78 is 2.27. The minimum absolute atomic E-state index is 0.0570. The van der Waals surface area contributed by atoms with Crippen LogP contribution in [0.15, 0.2) is 94.5 Å². The number of amidine groups is 2. The summed E-state index contributed by atoms with van der Waals surface area (Å²) in [5.41, 5.74) is 6.78. The summed E-state index contributed by atoms with van der Waals surface area (Å²) in [4.78, 5) is 17.4. The number of aryl methyl sites for hydroxylation is 1. The van der Waals surface area contributed by atoms with E-state index in [0.717, 1.165) is 44.9 Å². The van der Waals surface area contributed by atoms with Gasteiger partial charge < -0.3 is 4.57 Å². The SMILES string of the molecule is Cc1ccc2c(c1)c(C=C1C(=N)N3N=C(Cc4ccccc4)SC3=NC1=O)c(C)n2Cc1ccccc1. The Kier molecular flexibility index (Phi) is 5.85. The molecule has 0 spiro atoms. The molecule has 6 nitrogen and oxygen atoms in total. The largest absolute Gasteiger partial charge is 0.340 e. The second-order valence-corrected chi connectivity index (χ2v) is 10.3. The fraction of sp³-hybridized carbons (Fsp3) is 0.133. The van der Waals surface area contributed by atoms with Gasteiger partial charge >= 0.3 is 0 Å². The first-order chi connectivity index (χ1) is 18.0. The molecule has 0 atom stereocenters. The lowest BCUT2D eigenvalue weighted by Crippen LogP contribution is -2.35. The maximum atomic E-state index is 13.1. The van der Waals surface area contributed by atoms with Crippen LogP contribution in [0.1, 0.15) is 27.9 Å². The van der Waals surface area contributed by atoms with E-state index in [2.05, 4.69) is 58.8 Å². The zero-order valence-electron chi connectivity index (χ0n) is 20.6. The van der Waals surface area contributed by atoms with Gasteiger partial charge in [-0.15, -0.1) is 0 Å². The number of carbonyl (C=O) groups excluding carboxylic acids is 1. The number of nitrogens with one attached hydrogen (secondary N) is 1. The number of hydrazone groups is 1. The summed E-state index contributed by atoms with van der Waals surface area (Å²) in [6, 6.07) is 26.8. The number of aromatic nitrogens is 1. The zero-order chi connectivity index (χ0) is 25.5. The van der Waals surface area contributed by atoms with Crippen LogP contribution in [0.2, 0.25) is 0 Å². The van der Waals surface area contributed by atoms with Crippen LogP contribution in [0, 0.1) is 19.3 Å². The van der Waals surface area contributed by atoms with E-state index in [1.54, 1.807) is 0 Å². The van der Waals surface area contributed by atoms with Crippen LogP contribution in [0.4, 0.5) is 0 Å². The van der Waals surface area contributed by atoms with Gasteiger partial charge in [-0.1, -0.05) is 72.3 Å². The van der Waals surface area contributed by atoms with Crippen LogP contribution in [0.25, 0.3) is 17.0 Å². The summed E-state index contributed by atoms with van der Waals surface area (Å²) in [5, 5.41) is 17.3. The first-order valence-corrected chi connectivity index (χ1v) is 13.0. The Labute approximate surface area is 219 Å². The molecule has 0 unspecified atom stereocenters. The smallest absolute Gasteiger partial charge is 0.283 e. The molecule has 0 radical (unpaired) electrons. The molecule has 37 heavy (non-hydrogen) atoms. The number of rotatable bonds is 5. The lowest BCUT2D eigenvalue weighted by molar-refractivity contribution is -0.114. The molecule has 1 N–H and O–H groups in total. The van der Waals surface area contributed by atoms with Crippen molar-refractivity contribution in [2.24, 2.45) is 10.1 Å². The van der Waals surface area contributed by atoms with Gasteiger partial charge in [-0.05, 0) is 54.9 Å². The lowest BCUT2D eigenvalue weighted by Gasteiger charge is -2.20. The standard InChI is InChI=1S/C30H25N5OS/c1-19-13-14-26-24(15-19)23(20(2)34(26)18-22-11-7-4-8-12-22)17-25-28(31)35-30(32-29(25)36)37-27(33-35)16-21-9-5-3-6-10-21/h3-15,17,31H,16,18H2,1-2H3. The molecule has 0 bridgehead atoms. The Morgan fingerprint density at radius 3 is 2.38 bits per heavy atom. The van der Waals surface area contributed by atoms with Gasteiger partial charge in [0.05, 0.1) is 5.57 Å². The number of fused-ring (bicyclic) bond motifs is 2. The molecule has 3 heterocycles. The molecule has 0 saturated carbocycles. The average Bonchev–Trinajstić information content (AvgIpc) is 3.41. The minimum atomic E-state index is -0.407. The average molecular weight is 504 g/mol. The number of benzene rings is 3. The van der Waals surface area contributed by atoms with Crippen molar-refractivity contribution in [3.05, 3.63) is 112 Å². The molecule has 7 heteroatoms.